The highest BCUT2D eigenvalue weighted by Gasteiger charge is 2.39. The third kappa shape index (κ3) is 1.38. The Hall–Kier alpha value is -0.770. The lowest BCUT2D eigenvalue weighted by Crippen LogP contribution is -2.25. The Labute approximate surface area is 87.2 Å². The molecule has 4 heteroatoms. The van der Waals surface area contributed by atoms with E-state index in [0.717, 1.165) is 17.0 Å². The Bertz CT molecular complexity index is 339. The molecule has 0 unspecified atom stereocenters. The molecule has 2 N–H and O–H groups in total. The lowest BCUT2D eigenvalue weighted by atomic mass is 9.96. The van der Waals surface area contributed by atoms with Crippen molar-refractivity contribution in [2.45, 2.75) is 31.7 Å². The molecule has 2 bridgehead atoms. The smallest absolute Gasteiger partial charge is 0.223 e. The Morgan fingerprint density at radius 2 is 2.36 bits per heavy atom. The van der Waals surface area contributed by atoms with Gasteiger partial charge in [0.25, 0.3) is 0 Å². The SMILES string of the molecule is Oc1csc(N[C@H]2C[C@@H]3CC[C@H]2C3)n1. The average Bonchev–Trinajstić information content (AvgIpc) is 2.82. The molecule has 0 spiro atoms. The van der Waals surface area contributed by atoms with Crippen LogP contribution in [0.5, 0.6) is 5.88 Å². The highest BCUT2D eigenvalue weighted by atomic mass is 32.1. The maximum Gasteiger partial charge on any atom is 0.223 e. The van der Waals surface area contributed by atoms with Gasteiger partial charge in [-0.15, -0.1) is 11.3 Å². The zero-order valence-electron chi connectivity index (χ0n) is 7.94. The summed E-state index contributed by atoms with van der Waals surface area (Å²) in [6, 6.07) is 0.610. The van der Waals surface area contributed by atoms with Gasteiger partial charge in [0.15, 0.2) is 5.13 Å². The fraction of sp³-hybridized carbons (Fsp3) is 0.700. The summed E-state index contributed by atoms with van der Waals surface area (Å²) in [6.07, 6.45) is 5.49. The average molecular weight is 210 g/mol. The van der Waals surface area contributed by atoms with Gasteiger partial charge in [0, 0.05) is 6.04 Å². The van der Waals surface area contributed by atoms with Crippen LogP contribution in [-0.4, -0.2) is 16.1 Å². The van der Waals surface area contributed by atoms with Crippen LogP contribution in [0.25, 0.3) is 0 Å². The third-order valence-electron chi connectivity index (χ3n) is 3.54. The monoisotopic (exact) mass is 210 g/mol. The number of thiazole rings is 1. The van der Waals surface area contributed by atoms with E-state index >= 15 is 0 Å². The number of hydrogen-bond donors (Lipinski definition) is 2. The summed E-state index contributed by atoms with van der Waals surface area (Å²) in [5.41, 5.74) is 0. The summed E-state index contributed by atoms with van der Waals surface area (Å²) in [6.45, 7) is 0. The zero-order valence-corrected chi connectivity index (χ0v) is 8.76. The van der Waals surface area contributed by atoms with Gasteiger partial charge >= 0.3 is 0 Å². The summed E-state index contributed by atoms with van der Waals surface area (Å²) in [5, 5.41) is 15.1. The molecule has 0 aromatic carbocycles. The van der Waals surface area contributed by atoms with Crippen LogP contribution in [0.15, 0.2) is 5.38 Å². The molecule has 1 heterocycles. The summed E-state index contributed by atoms with van der Waals surface area (Å²) >= 11 is 1.49. The molecule has 76 valence electrons. The Kier molecular flexibility index (Phi) is 1.90. The molecule has 14 heavy (non-hydrogen) atoms. The van der Waals surface area contributed by atoms with Crippen molar-refractivity contribution in [1.29, 1.82) is 0 Å². The van der Waals surface area contributed by atoms with Crippen LogP contribution in [0, 0.1) is 11.8 Å². The first-order valence-corrected chi connectivity index (χ1v) is 6.10. The van der Waals surface area contributed by atoms with Crippen molar-refractivity contribution in [3.8, 4) is 5.88 Å². The van der Waals surface area contributed by atoms with Crippen LogP contribution in [-0.2, 0) is 0 Å². The molecule has 2 aliphatic carbocycles. The number of anilines is 1. The normalized spacial score (nSPS) is 35.0. The second-order valence-corrected chi connectivity index (χ2v) is 5.29. The predicted octanol–water partition coefficient (Wildman–Crippen LogP) is 2.45. The van der Waals surface area contributed by atoms with Gasteiger partial charge in [-0.3, -0.25) is 0 Å². The van der Waals surface area contributed by atoms with Gasteiger partial charge in [0.1, 0.15) is 0 Å². The molecular formula is C10H14N2OS. The lowest BCUT2D eigenvalue weighted by molar-refractivity contribution is 0.437. The van der Waals surface area contributed by atoms with E-state index in [1.54, 1.807) is 5.38 Å². The highest BCUT2D eigenvalue weighted by molar-refractivity contribution is 7.13. The number of nitrogens with one attached hydrogen (secondary N) is 1. The van der Waals surface area contributed by atoms with Crippen molar-refractivity contribution in [3.05, 3.63) is 5.38 Å². The molecule has 2 saturated carbocycles. The van der Waals surface area contributed by atoms with Gasteiger partial charge in [-0.05, 0) is 31.1 Å². The summed E-state index contributed by atoms with van der Waals surface area (Å²) in [4.78, 5) is 4.02. The molecule has 2 fully saturated rings. The minimum atomic E-state index is 0.139. The molecule has 3 nitrogen and oxygen atoms in total. The summed E-state index contributed by atoms with van der Waals surface area (Å²) < 4.78 is 0. The van der Waals surface area contributed by atoms with Crippen LogP contribution < -0.4 is 5.32 Å². The van der Waals surface area contributed by atoms with Gasteiger partial charge in [0.2, 0.25) is 5.88 Å². The third-order valence-corrected chi connectivity index (χ3v) is 4.30. The van der Waals surface area contributed by atoms with E-state index in [9.17, 15) is 0 Å². The molecule has 3 rings (SSSR count). The highest BCUT2D eigenvalue weighted by Crippen LogP contribution is 2.45. The summed E-state index contributed by atoms with van der Waals surface area (Å²) in [5.74, 6) is 1.94. The lowest BCUT2D eigenvalue weighted by Gasteiger charge is -2.22. The predicted molar refractivity (Wildman–Crippen MR) is 56.6 cm³/mol. The van der Waals surface area contributed by atoms with Gasteiger partial charge in [-0.1, -0.05) is 6.42 Å². The second-order valence-electron chi connectivity index (χ2n) is 4.44. The first-order chi connectivity index (χ1) is 6.81. The maximum atomic E-state index is 9.12. The quantitative estimate of drug-likeness (QED) is 0.788. The minimum Gasteiger partial charge on any atom is -0.493 e. The number of aromatic hydroxyl groups is 1. The van der Waals surface area contributed by atoms with Crippen molar-refractivity contribution in [2.24, 2.45) is 11.8 Å². The number of hydrogen-bond acceptors (Lipinski definition) is 4. The van der Waals surface area contributed by atoms with Gasteiger partial charge in [-0.2, -0.15) is 4.98 Å². The largest absolute Gasteiger partial charge is 0.493 e. The fourth-order valence-corrected chi connectivity index (χ4v) is 3.55. The zero-order chi connectivity index (χ0) is 9.54. The maximum absolute atomic E-state index is 9.12. The van der Waals surface area contributed by atoms with E-state index in [4.69, 9.17) is 5.11 Å². The Balaban J connectivity index is 1.68. The molecule has 1 aromatic heterocycles. The van der Waals surface area contributed by atoms with Crippen molar-refractivity contribution in [3.63, 3.8) is 0 Å². The molecule has 0 amide bonds. The van der Waals surface area contributed by atoms with Crippen molar-refractivity contribution < 1.29 is 5.11 Å². The van der Waals surface area contributed by atoms with Crippen LogP contribution in [0.4, 0.5) is 5.13 Å². The molecule has 0 saturated heterocycles. The first-order valence-electron chi connectivity index (χ1n) is 5.22. The van der Waals surface area contributed by atoms with E-state index < -0.39 is 0 Å². The minimum absolute atomic E-state index is 0.139. The van der Waals surface area contributed by atoms with Crippen molar-refractivity contribution in [2.75, 3.05) is 5.32 Å². The van der Waals surface area contributed by atoms with Crippen LogP contribution in [0.2, 0.25) is 0 Å². The van der Waals surface area contributed by atoms with Gasteiger partial charge in [0.05, 0.1) is 5.38 Å². The molecular weight excluding hydrogens is 196 g/mol. The number of aromatic nitrogens is 1. The van der Waals surface area contributed by atoms with Crippen molar-refractivity contribution >= 4 is 16.5 Å². The molecule has 3 atom stereocenters. The van der Waals surface area contributed by atoms with E-state index in [-0.39, 0.29) is 5.88 Å². The van der Waals surface area contributed by atoms with E-state index in [1.807, 2.05) is 0 Å². The molecule has 1 aromatic rings. The van der Waals surface area contributed by atoms with E-state index in [2.05, 4.69) is 10.3 Å². The molecule has 0 radical (unpaired) electrons. The van der Waals surface area contributed by atoms with Crippen LogP contribution in [0.1, 0.15) is 25.7 Å². The van der Waals surface area contributed by atoms with E-state index in [0.29, 0.717) is 6.04 Å². The standard InChI is InChI=1S/C10H14N2OS/c13-9-5-14-10(12-9)11-8-4-6-1-2-7(8)3-6/h5-8,13H,1-4H2,(H,11,12)/t6-,7+,8+/m1/s1. The molecule has 2 aliphatic rings. The molecule has 0 aliphatic heterocycles. The second kappa shape index (κ2) is 3.12. The number of fused-ring (bicyclic) bond motifs is 2. The van der Waals surface area contributed by atoms with Gasteiger partial charge in [-0.25, -0.2) is 0 Å². The summed E-state index contributed by atoms with van der Waals surface area (Å²) in [7, 11) is 0. The number of nitrogens with zero attached hydrogens (tertiary/aromatic N) is 1. The van der Waals surface area contributed by atoms with Crippen molar-refractivity contribution in [1.82, 2.24) is 4.98 Å². The Morgan fingerprint density at radius 3 is 2.93 bits per heavy atom. The van der Waals surface area contributed by atoms with Crippen LogP contribution in [0.3, 0.4) is 0 Å². The van der Waals surface area contributed by atoms with E-state index in [1.165, 1.54) is 37.0 Å². The first kappa shape index (κ1) is 8.53. The topological polar surface area (TPSA) is 45.1 Å². The Morgan fingerprint density at radius 1 is 1.43 bits per heavy atom. The fourth-order valence-electron chi connectivity index (χ4n) is 2.91. The van der Waals surface area contributed by atoms with Crippen LogP contribution >= 0.6 is 11.3 Å². The van der Waals surface area contributed by atoms with Gasteiger partial charge < -0.3 is 10.4 Å². The number of rotatable bonds is 2.